The molecule has 3 atom stereocenters. The second kappa shape index (κ2) is 7.16. The first-order chi connectivity index (χ1) is 11.6. The Kier molecular flexibility index (Phi) is 4.97. The Labute approximate surface area is 143 Å². The van der Waals surface area contributed by atoms with E-state index in [1.165, 1.54) is 5.56 Å². The van der Waals surface area contributed by atoms with Gasteiger partial charge in [0, 0.05) is 37.8 Å². The summed E-state index contributed by atoms with van der Waals surface area (Å²) < 4.78 is 0. The summed E-state index contributed by atoms with van der Waals surface area (Å²) in [6.45, 7) is 3.54. The Hall–Kier alpha value is -2.17. The lowest BCUT2D eigenvalue weighted by atomic mass is 9.95. The van der Waals surface area contributed by atoms with Crippen LogP contribution in [-0.2, 0) is 4.79 Å². The van der Waals surface area contributed by atoms with Gasteiger partial charge in [-0.25, -0.2) is 0 Å². The minimum absolute atomic E-state index is 0.0599. The Morgan fingerprint density at radius 2 is 1.67 bits per heavy atom. The third-order valence-electron chi connectivity index (χ3n) is 5.00. The number of nitrogens with two attached hydrogens (primary N) is 1. The molecule has 1 heterocycles. The summed E-state index contributed by atoms with van der Waals surface area (Å²) >= 11 is 0. The fourth-order valence-electron chi connectivity index (χ4n) is 3.44. The van der Waals surface area contributed by atoms with Gasteiger partial charge in [-0.15, -0.1) is 0 Å². The first kappa shape index (κ1) is 16.7. The summed E-state index contributed by atoms with van der Waals surface area (Å²) in [6.07, 6.45) is 0. The van der Waals surface area contributed by atoms with Crippen LogP contribution >= 0.6 is 0 Å². The van der Waals surface area contributed by atoms with E-state index in [9.17, 15) is 4.79 Å². The molecule has 1 saturated heterocycles. The van der Waals surface area contributed by atoms with Crippen LogP contribution in [0.5, 0.6) is 0 Å². The number of carbonyl (C=O) groups is 1. The summed E-state index contributed by atoms with van der Waals surface area (Å²) in [5.74, 6) is 0.380. The minimum atomic E-state index is -0.185. The van der Waals surface area contributed by atoms with E-state index in [1.807, 2.05) is 62.5 Å². The second-order valence-electron chi connectivity index (χ2n) is 6.54. The van der Waals surface area contributed by atoms with E-state index >= 15 is 0 Å². The molecule has 1 amide bonds. The number of benzene rings is 2. The molecule has 3 rings (SSSR count). The average Bonchev–Trinajstić information content (AvgIpc) is 3.03. The molecule has 126 valence electrons. The third-order valence-corrected chi connectivity index (χ3v) is 5.00. The number of anilines is 1. The van der Waals surface area contributed by atoms with E-state index in [2.05, 4.69) is 17.0 Å². The standard InChI is InChI=1S/C20H25N3O/c1-15(20(24)22(2)17-11-7-4-8-12-17)23-13-18(19(21)14-23)16-9-5-3-6-10-16/h3-12,15,18-19H,13-14,21H2,1-2H3/t15?,18-,19+/m0/s1. The van der Waals surface area contributed by atoms with Gasteiger partial charge >= 0.3 is 0 Å². The van der Waals surface area contributed by atoms with Crippen molar-refractivity contribution in [3.8, 4) is 0 Å². The molecule has 24 heavy (non-hydrogen) atoms. The monoisotopic (exact) mass is 323 g/mol. The Morgan fingerprint density at radius 3 is 2.29 bits per heavy atom. The summed E-state index contributed by atoms with van der Waals surface area (Å²) in [5.41, 5.74) is 8.53. The quantitative estimate of drug-likeness (QED) is 0.940. The first-order valence-corrected chi connectivity index (χ1v) is 8.45. The summed E-state index contributed by atoms with van der Waals surface area (Å²) in [6, 6.07) is 20.0. The third kappa shape index (κ3) is 3.35. The number of rotatable bonds is 4. The van der Waals surface area contributed by atoms with Gasteiger partial charge in [0.05, 0.1) is 6.04 Å². The number of hydrogen-bond acceptors (Lipinski definition) is 3. The van der Waals surface area contributed by atoms with Crippen molar-refractivity contribution >= 4 is 11.6 Å². The number of likely N-dealkylation sites (N-methyl/N-ethyl adjacent to an activating group) is 1. The van der Waals surface area contributed by atoms with Crippen molar-refractivity contribution < 1.29 is 4.79 Å². The lowest BCUT2D eigenvalue weighted by Gasteiger charge is -2.28. The number of carbonyl (C=O) groups excluding carboxylic acids is 1. The van der Waals surface area contributed by atoms with Crippen LogP contribution in [0.3, 0.4) is 0 Å². The van der Waals surface area contributed by atoms with Crippen molar-refractivity contribution in [3.05, 3.63) is 66.2 Å². The molecular weight excluding hydrogens is 298 g/mol. The molecule has 4 nitrogen and oxygen atoms in total. The number of nitrogens with zero attached hydrogens (tertiary/aromatic N) is 2. The maximum absolute atomic E-state index is 12.8. The SMILES string of the molecule is CC(C(=O)N(C)c1ccccc1)N1C[C@@H](N)[C@H](c2ccccc2)C1. The van der Waals surface area contributed by atoms with Crippen molar-refractivity contribution in [1.82, 2.24) is 4.90 Å². The van der Waals surface area contributed by atoms with Crippen LogP contribution in [-0.4, -0.2) is 43.0 Å². The van der Waals surface area contributed by atoms with Crippen molar-refractivity contribution in [2.45, 2.75) is 24.9 Å². The molecule has 2 N–H and O–H groups in total. The molecule has 0 aromatic heterocycles. The van der Waals surface area contributed by atoms with Crippen LogP contribution in [0.4, 0.5) is 5.69 Å². The molecule has 0 spiro atoms. The predicted molar refractivity (Wildman–Crippen MR) is 98.0 cm³/mol. The molecule has 1 unspecified atom stereocenters. The molecule has 0 aliphatic carbocycles. The van der Waals surface area contributed by atoms with Crippen LogP contribution in [0.1, 0.15) is 18.4 Å². The fraction of sp³-hybridized carbons (Fsp3) is 0.350. The molecule has 2 aromatic rings. The molecule has 1 aliphatic rings. The van der Waals surface area contributed by atoms with Crippen LogP contribution < -0.4 is 10.6 Å². The van der Waals surface area contributed by atoms with E-state index in [-0.39, 0.29) is 23.9 Å². The highest BCUT2D eigenvalue weighted by atomic mass is 16.2. The highest BCUT2D eigenvalue weighted by Crippen LogP contribution is 2.28. The molecule has 0 saturated carbocycles. The zero-order chi connectivity index (χ0) is 17.1. The van der Waals surface area contributed by atoms with E-state index in [1.54, 1.807) is 4.90 Å². The van der Waals surface area contributed by atoms with Crippen LogP contribution in [0, 0.1) is 0 Å². The summed E-state index contributed by atoms with van der Waals surface area (Å²) in [5, 5.41) is 0. The predicted octanol–water partition coefficient (Wildman–Crippen LogP) is 2.46. The second-order valence-corrected chi connectivity index (χ2v) is 6.54. The van der Waals surface area contributed by atoms with E-state index < -0.39 is 0 Å². The molecular formula is C20H25N3O. The topological polar surface area (TPSA) is 49.6 Å². The van der Waals surface area contributed by atoms with Crippen molar-refractivity contribution in [2.24, 2.45) is 5.73 Å². The fourth-order valence-corrected chi connectivity index (χ4v) is 3.44. The lowest BCUT2D eigenvalue weighted by Crippen LogP contribution is -2.45. The maximum atomic E-state index is 12.8. The van der Waals surface area contributed by atoms with Gasteiger partial charge in [0.25, 0.3) is 0 Å². The van der Waals surface area contributed by atoms with Gasteiger partial charge in [-0.2, -0.15) is 0 Å². The highest BCUT2D eigenvalue weighted by molar-refractivity contribution is 5.96. The molecule has 0 bridgehead atoms. The Bertz CT molecular complexity index is 674. The first-order valence-electron chi connectivity index (χ1n) is 8.45. The summed E-state index contributed by atoms with van der Waals surface area (Å²) in [7, 11) is 1.83. The number of hydrogen-bond donors (Lipinski definition) is 1. The van der Waals surface area contributed by atoms with E-state index in [0.717, 1.165) is 18.8 Å². The normalized spacial score (nSPS) is 22.3. The van der Waals surface area contributed by atoms with Gasteiger partial charge in [-0.05, 0) is 24.6 Å². The van der Waals surface area contributed by atoms with E-state index in [4.69, 9.17) is 5.73 Å². The van der Waals surface area contributed by atoms with Gasteiger partial charge in [0.2, 0.25) is 5.91 Å². The van der Waals surface area contributed by atoms with Crippen molar-refractivity contribution in [3.63, 3.8) is 0 Å². The highest BCUT2D eigenvalue weighted by Gasteiger charge is 2.36. The number of likely N-dealkylation sites (tertiary alicyclic amines) is 1. The van der Waals surface area contributed by atoms with Gasteiger partial charge in [0.1, 0.15) is 0 Å². The van der Waals surface area contributed by atoms with Crippen molar-refractivity contribution in [1.29, 1.82) is 0 Å². The zero-order valence-electron chi connectivity index (χ0n) is 14.3. The van der Waals surface area contributed by atoms with Crippen LogP contribution in [0.15, 0.2) is 60.7 Å². The number of amides is 1. The zero-order valence-corrected chi connectivity index (χ0v) is 14.3. The smallest absolute Gasteiger partial charge is 0.243 e. The van der Waals surface area contributed by atoms with Gasteiger partial charge in [0.15, 0.2) is 0 Å². The average molecular weight is 323 g/mol. The lowest BCUT2D eigenvalue weighted by molar-refractivity contribution is -0.122. The van der Waals surface area contributed by atoms with Gasteiger partial charge < -0.3 is 10.6 Å². The van der Waals surface area contributed by atoms with Crippen LogP contribution in [0.2, 0.25) is 0 Å². The molecule has 1 fully saturated rings. The Morgan fingerprint density at radius 1 is 1.08 bits per heavy atom. The van der Waals surface area contributed by atoms with Crippen molar-refractivity contribution in [2.75, 3.05) is 25.0 Å². The number of para-hydroxylation sites is 1. The summed E-state index contributed by atoms with van der Waals surface area (Å²) in [4.78, 5) is 16.8. The minimum Gasteiger partial charge on any atom is -0.326 e. The van der Waals surface area contributed by atoms with E-state index in [0.29, 0.717) is 0 Å². The largest absolute Gasteiger partial charge is 0.326 e. The van der Waals surface area contributed by atoms with Crippen LogP contribution in [0.25, 0.3) is 0 Å². The molecule has 1 aliphatic heterocycles. The molecule has 2 aromatic carbocycles. The van der Waals surface area contributed by atoms with Gasteiger partial charge in [-0.1, -0.05) is 48.5 Å². The molecule has 0 radical (unpaired) electrons. The maximum Gasteiger partial charge on any atom is 0.243 e. The van der Waals surface area contributed by atoms with Gasteiger partial charge in [-0.3, -0.25) is 9.69 Å². The Balaban J connectivity index is 1.69. The molecule has 4 heteroatoms.